The molecule has 2 N–H and O–H groups in total. The van der Waals surface area contributed by atoms with Crippen LogP contribution in [-0.4, -0.2) is 28.2 Å². The van der Waals surface area contributed by atoms with Crippen LogP contribution in [0.3, 0.4) is 0 Å². The van der Waals surface area contributed by atoms with Gasteiger partial charge in [0.2, 0.25) is 0 Å². The number of nitrogens with one attached hydrogen (secondary N) is 2. The molecule has 7 heteroatoms. The van der Waals surface area contributed by atoms with Crippen molar-refractivity contribution in [1.82, 2.24) is 9.78 Å². The second-order valence-corrected chi connectivity index (χ2v) is 5.90. The molecule has 130 valence electrons. The average molecular weight is 348 g/mol. The lowest BCUT2D eigenvalue weighted by Crippen LogP contribution is -2.25. The number of benzene rings is 2. The van der Waals surface area contributed by atoms with Gasteiger partial charge in [0.1, 0.15) is 5.75 Å². The largest absolute Gasteiger partial charge is 0.482 e. The monoisotopic (exact) mass is 348 g/mol. The number of carbonyl (C=O) groups is 2. The highest BCUT2D eigenvalue weighted by atomic mass is 16.5. The number of hydrogen-bond acceptors (Lipinski definition) is 4. The van der Waals surface area contributed by atoms with Crippen molar-refractivity contribution in [2.75, 3.05) is 17.2 Å². The SMILES string of the molecule is O=C1COc2ccc(NC(=O)c3ccc(Cn4cccn4)cc3)cc2N1. The van der Waals surface area contributed by atoms with Crippen LogP contribution in [0.2, 0.25) is 0 Å². The van der Waals surface area contributed by atoms with Gasteiger partial charge in [0, 0.05) is 23.6 Å². The van der Waals surface area contributed by atoms with Crippen molar-refractivity contribution in [3.63, 3.8) is 0 Å². The van der Waals surface area contributed by atoms with Crippen LogP contribution in [0, 0.1) is 0 Å². The molecule has 2 amide bonds. The summed E-state index contributed by atoms with van der Waals surface area (Å²) in [6, 6.07) is 14.4. The van der Waals surface area contributed by atoms with Crippen molar-refractivity contribution in [2.45, 2.75) is 6.54 Å². The van der Waals surface area contributed by atoms with Gasteiger partial charge in [0.05, 0.1) is 12.2 Å². The number of aromatic nitrogens is 2. The van der Waals surface area contributed by atoms with E-state index in [0.717, 1.165) is 5.56 Å². The highest BCUT2D eigenvalue weighted by Crippen LogP contribution is 2.30. The van der Waals surface area contributed by atoms with E-state index < -0.39 is 0 Å². The molecule has 1 aliphatic heterocycles. The van der Waals surface area contributed by atoms with Gasteiger partial charge < -0.3 is 15.4 Å². The molecule has 0 atom stereocenters. The van der Waals surface area contributed by atoms with Gasteiger partial charge in [-0.05, 0) is 42.0 Å². The van der Waals surface area contributed by atoms with Gasteiger partial charge in [-0.2, -0.15) is 5.10 Å². The molecule has 1 aromatic heterocycles. The molecule has 7 nitrogen and oxygen atoms in total. The first-order chi connectivity index (χ1) is 12.7. The summed E-state index contributed by atoms with van der Waals surface area (Å²) in [6.45, 7) is 0.656. The Morgan fingerprint density at radius 1 is 1.23 bits per heavy atom. The molecule has 4 rings (SSSR count). The van der Waals surface area contributed by atoms with E-state index in [1.807, 2.05) is 29.1 Å². The number of amides is 2. The minimum absolute atomic E-state index is 0.00356. The van der Waals surface area contributed by atoms with E-state index in [4.69, 9.17) is 4.74 Å². The molecular weight excluding hydrogens is 332 g/mol. The summed E-state index contributed by atoms with van der Waals surface area (Å²) in [5.41, 5.74) is 2.74. The van der Waals surface area contributed by atoms with Crippen molar-refractivity contribution >= 4 is 23.2 Å². The number of hydrogen-bond donors (Lipinski definition) is 2. The topological polar surface area (TPSA) is 85.2 Å². The van der Waals surface area contributed by atoms with Crippen molar-refractivity contribution in [3.05, 3.63) is 72.1 Å². The fourth-order valence-corrected chi connectivity index (χ4v) is 2.71. The van der Waals surface area contributed by atoms with Gasteiger partial charge >= 0.3 is 0 Å². The van der Waals surface area contributed by atoms with Gasteiger partial charge in [-0.3, -0.25) is 14.3 Å². The van der Waals surface area contributed by atoms with E-state index in [2.05, 4.69) is 15.7 Å². The lowest BCUT2D eigenvalue weighted by Gasteiger charge is -2.18. The molecule has 2 heterocycles. The van der Waals surface area contributed by atoms with Gasteiger partial charge in [-0.15, -0.1) is 0 Å². The second-order valence-electron chi connectivity index (χ2n) is 5.90. The molecule has 0 bridgehead atoms. The molecule has 0 spiro atoms. The van der Waals surface area contributed by atoms with Gasteiger partial charge in [0.25, 0.3) is 11.8 Å². The molecule has 1 aliphatic rings. The normalized spacial score (nSPS) is 12.7. The van der Waals surface area contributed by atoms with Crippen LogP contribution in [0.5, 0.6) is 5.75 Å². The van der Waals surface area contributed by atoms with Gasteiger partial charge in [-0.25, -0.2) is 0 Å². The minimum atomic E-state index is -0.223. The summed E-state index contributed by atoms with van der Waals surface area (Å²) in [5.74, 6) is 0.151. The predicted molar refractivity (Wildman–Crippen MR) is 96.3 cm³/mol. The summed E-state index contributed by atoms with van der Waals surface area (Å²) < 4.78 is 7.12. The number of anilines is 2. The molecule has 0 radical (unpaired) electrons. The molecule has 3 aromatic rings. The second kappa shape index (κ2) is 6.72. The van der Waals surface area contributed by atoms with Crippen LogP contribution in [0.25, 0.3) is 0 Å². The number of ether oxygens (including phenoxy) is 1. The third-order valence-corrected chi connectivity index (χ3v) is 3.99. The molecule has 0 saturated carbocycles. The zero-order valence-electron chi connectivity index (χ0n) is 13.8. The Balaban J connectivity index is 1.44. The van der Waals surface area contributed by atoms with Crippen molar-refractivity contribution in [2.24, 2.45) is 0 Å². The number of nitrogens with zero attached hydrogens (tertiary/aromatic N) is 2. The summed E-state index contributed by atoms with van der Waals surface area (Å²) in [4.78, 5) is 23.8. The Morgan fingerprint density at radius 3 is 2.85 bits per heavy atom. The van der Waals surface area contributed by atoms with Crippen LogP contribution in [0.4, 0.5) is 11.4 Å². The van der Waals surface area contributed by atoms with Crippen LogP contribution in [-0.2, 0) is 11.3 Å². The summed E-state index contributed by atoms with van der Waals surface area (Å²) >= 11 is 0. The quantitative estimate of drug-likeness (QED) is 0.759. The van der Waals surface area contributed by atoms with Crippen LogP contribution in [0.15, 0.2) is 60.9 Å². The Morgan fingerprint density at radius 2 is 2.08 bits per heavy atom. The number of fused-ring (bicyclic) bond motifs is 1. The van der Waals surface area contributed by atoms with Crippen LogP contribution >= 0.6 is 0 Å². The predicted octanol–water partition coefficient (Wildman–Crippen LogP) is 2.51. The van der Waals surface area contributed by atoms with Crippen molar-refractivity contribution < 1.29 is 14.3 Å². The summed E-state index contributed by atoms with van der Waals surface area (Å²) in [7, 11) is 0. The van der Waals surface area contributed by atoms with E-state index in [-0.39, 0.29) is 18.4 Å². The summed E-state index contributed by atoms with van der Waals surface area (Å²) in [6.07, 6.45) is 3.62. The smallest absolute Gasteiger partial charge is 0.262 e. The fourth-order valence-electron chi connectivity index (χ4n) is 2.71. The third-order valence-electron chi connectivity index (χ3n) is 3.99. The van der Waals surface area contributed by atoms with Gasteiger partial charge in [-0.1, -0.05) is 12.1 Å². The number of rotatable bonds is 4. The lowest BCUT2D eigenvalue weighted by molar-refractivity contribution is -0.118. The van der Waals surface area contributed by atoms with E-state index >= 15 is 0 Å². The highest BCUT2D eigenvalue weighted by Gasteiger charge is 2.16. The van der Waals surface area contributed by atoms with Crippen molar-refractivity contribution in [3.8, 4) is 5.75 Å². The van der Waals surface area contributed by atoms with Crippen LogP contribution < -0.4 is 15.4 Å². The molecule has 0 unspecified atom stereocenters. The van der Waals surface area contributed by atoms with E-state index in [1.165, 1.54) is 0 Å². The van der Waals surface area contributed by atoms with E-state index in [1.54, 1.807) is 36.5 Å². The zero-order valence-corrected chi connectivity index (χ0v) is 13.8. The zero-order chi connectivity index (χ0) is 17.9. The van der Waals surface area contributed by atoms with Crippen LogP contribution in [0.1, 0.15) is 15.9 Å². The molecule has 0 fully saturated rings. The Labute approximate surface area is 149 Å². The maximum atomic E-state index is 12.4. The maximum absolute atomic E-state index is 12.4. The first kappa shape index (κ1) is 15.9. The molecular formula is C19H16N4O3. The summed E-state index contributed by atoms with van der Waals surface area (Å²) in [5, 5.41) is 9.71. The fraction of sp³-hybridized carbons (Fsp3) is 0.105. The first-order valence-corrected chi connectivity index (χ1v) is 8.12. The molecule has 2 aromatic carbocycles. The molecule has 0 saturated heterocycles. The third kappa shape index (κ3) is 3.41. The first-order valence-electron chi connectivity index (χ1n) is 8.12. The van der Waals surface area contributed by atoms with Crippen molar-refractivity contribution in [1.29, 1.82) is 0 Å². The maximum Gasteiger partial charge on any atom is 0.262 e. The van der Waals surface area contributed by atoms with E-state index in [9.17, 15) is 9.59 Å². The number of carbonyl (C=O) groups excluding carboxylic acids is 2. The standard InChI is InChI=1S/C19H16N4O3/c24-18-12-26-17-7-6-15(10-16(17)22-18)21-19(25)14-4-2-13(3-5-14)11-23-9-1-8-20-23/h1-10H,11-12H2,(H,21,25)(H,22,24). The highest BCUT2D eigenvalue weighted by molar-refractivity contribution is 6.05. The lowest BCUT2D eigenvalue weighted by atomic mass is 10.1. The Kier molecular flexibility index (Phi) is 4.10. The molecule has 26 heavy (non-hydrogen) atoms. The molecule has 0 aliphatic carbocycles. The Hall–Kier alpha value is -3.61. The minimum Gasteiger partial charge on any atom is -0.482 e. The van der Waals surface area contributed by atoms with Gasteiger partial charge in [0.15, 0.2) is 6.61 Å². The Bertz CT molecular complexity index is 949. The van der Waals surface area contributed by atoms with E-state index in [0.29, 0.717) is 29.2 Å². The average Bonchev–Trinajstić information content (AvgIpc) is 3.15.